The smallest absolute Gasteiger partial charge is 0.255 e. The highest BCUT2D eigenvalue weighted by Crippen LogP contribution is 2.18. The molecule has 0 aliphatic heterocycles. The van der Waals surface area contributed by atoms with Gasteiger partial charge in [-0.2, -0.15) is 5.26 Å². The zero-order valence-corrected chi connectivity index (χ0v) is 13.8. The summed E-state index contributed by atoms with van der Waals surface area (Å²) < 4.78 is 18.6. The summed E-state index contributed by atoms with van der Waals surface area (Å²) >= 11 is 0. The molecule has 0 saturated carbocycles. The molecule has 0 spiro atoms. The number of nitrogens with one attached hydrogen (secondary N) is 1. The lowest BCUT2D eigenvalue weighted by atomic mass is 10.1. The molecule has 3 rings (SSSR count). The predicted molar refractivity (Wildman–Crippen MR) is 96.3 cm³/mol. The van der Waals surface area contributed by atoms with Crippen LogP contribution in [0.25, 0.3) is 0 Å². The molecule has 0 fully saturated rings. The monoisotopic (exact) mass is 346 g/mol. The third-order valence-electron chi connectivity index (χ3n) is 3.73. The Balaban J connectivity index is 1.68. The zero-order valence-electron chi connectivity index (χ0n) is 13.8. The topological polar surface area (TPSA) is 62.1 Å². The lowest BCUT2D eigenvalue weighted by Gasteiger charge is -2.10. The number of ether oxygens (including phenoxy) is 1. The van der Waals surface area contributed by atoms with Crippen LogP contribution >= 0.6 is 0 Å². The minimum Gasteiger partial charge on any atom is -0.489 e. The van der Waals surface area contributed by atoms with Crippen LogP contribution in [0.15, 0.2) is 72.8 Å². The molecule has 0 bridgehead atoms. The number of rotatable bonds is 5. The van der Waals surface area contributed by atoms with E-state index in [0.717, 1.165) is 5.56 Å². The van der Waals surface area contributed by atoms with Crippen molar-refractivity contribution in [3.63, 3.8) is 0 Å². The van der Waals surface area contributed by atoms with Gasteiger partial charge in [0.1, 0.15) is 18.2 Å². The number of hydrogen-bond donors (Lipinski definition) is 1. The average Bonchev–Trinajstić information content (AvgIpc) is 2.68. The van der Waals surface area contributed by atoms with E-state index in [1.807, 2.05) is 12.1 Å². The molecule has 0 heterocycles. The molecule has 0 aromatic heterocycles. The summed E-state index contributed by atoms with van der Waals surface area (Å²) in [5, 5.41) is 11.8. The maximum absolute atomic E-state index is 12.9. The molecule has 26 heavy (non-hydrogen) atoms. The maximum Gasteiger partial charge on any atom is 0.255 e. The summed E-state index contributed by atoms with van der Waals surface area (Å²) in [6.07, 6.45) is 0. The second-order valence-corrected chi connectivity index (χ2v) is 5.55. The van der Waals surface area contributed by atoms with Crippen molar-refractivity contribution in [3.8, 4) is 11.8 Å². The summed E-state index contributed by atoms with van der Waals surface area (Å²) in [5.41, 5.74) is 2.25. The second-order valence-electron chi connectivity index (χ2n) is 5.55. The molecule has 0 saturated heterocycles. The Morgan fingerprint density at radius 2 is 1.81 bits per heavy atom. The number of benzene rings is 3. The number of nitriles is 1. The predicted octanol–water partition coefficient (Wildman–Crippen LogP) is 4.53. The van der Waals surface area contributed by atoms with E-state index >= 15 is 0 Å². The minimum atomic E-state index is -0.365. The number of nitrogens with zero attached hydrogens (tertiary/aromatic N) is 1. The highest BCUT2D eigenvalue weighted by Gasteiger charge is 2.08. The number of halogens is 1. The van der Waals surface area contributed by atoms with Gasteiger partial charge >= 0.3 is 0 Å². The summed E-state index contributed by atoms with van der Waals surface area (Å²) in [4.78, 5) is 12.3. The van der Waals surface area contributed by atoms with Crippen LogP contribution in [0.4, 0.5) is 10.1 Å². The van der Waals surface area contributed by atoms with Crippen molar-refractivity contribution < 1.29 is 13.9 Å². The summed E-state index contributed by atoms with van der Waals surface area (Å²) in [6.45, 7) is 0.229. The molecule has 0 radical (unpaired) electrons. The number of anilines is 1. The molecule has 0 unspecified atom stereocenters. The highest BCUT2D eigenvalue weighted by molar-refractivity contribution is 6.04. The van der Waals surface area contributed by atoms with Gasteiger partial charge in [0.2, 0.25) is 0 Å². The number of hydrogen-bond acceptors (Lipinski definition) is 3. The Labute approximate surface area is 150 Å². The second kappa shape index (κ2) is 7.95. The van der Waals surface area contributed by atoms with Crippen LogP contribution in [-0.2, 0) is 6.61 Å². The van der Waals surface area contributed by atoms with E-state index in [4.69, 9.17) is 10.00 Å². The molecular weight excluding hydrogens is 331 g/mol. The van der Waals surface area contributed by atoms with Crippen LogP contribution in [0.2, 0.25) is 0 Å². The van der Waals surface area contributed by atoms with Gasteiger partial charge in [-0.25, -0.2) is 4.39 Å². The fourth-order valence-corrected chi connectivity index (χ4v) is 2.38. The first-order chi connectivity index (χ1) is 12.7. The molecule has 1 N–H and O–H groups in total. The summed E-state index contributed by atoms with van der Waals surface area (Å²) in [5.74, 6) is -0.167. The number of amides is 1. The van der Waals surface area contributed by atoms with Gasteiger partial charge in [-0.3, -0.25) is 4.79 Å². The van der Waals surface area contributed by atoms with Crippen LogP contribution in [0.3, 0.4) is 0 Å². The van der Waals surface area contributed by atoms with Gasteiger partial charge in [0.25, 0.3) is 5.91 Å². The van der Waals surface area contributed by atoms with Crippen LogP contribution in [0.5, 0.6) is 5.75 Å². The van der Waals surface area contributed by atoms with E-state index in [1.54, 1.807) is 36.4 Å². The first-order valence-corrected chi connectivity index (χ1v) is 7.93. The van der Waals surface area contributed by atoms with E-state index in [0.29, 0.717) is 22.6 Å². The van der Waals surface area contributed by atoms with Crippen molar-refractivity contribution in [1.82, 2.24) is 0 Å². The maximum atomic E-state index is 12.9. The molecule has 3 aromatic rings. The molecule has 128 valence electrons. The van der Waals surface area contributed by atoms with E-state index < -0.39 is 0 Å². The lowest BCUT2D eigenvalue weighted by molar-refractivity contribution is 0.102. The van der Waals surface area contributed by atoms with Crippen molar-refractivity contribution in [1.29, 1.82) is 5.26 Å². The average molecular weight is 346 g/mol. The van der Waals surface area contributed by atoms with Crippen LogP contribution in [0, 0.1) is 17.1 Å². The van der Waals surface area contributed by atoms with Gasteiger partial charge in [0.05, 0.1) is 11.6 Å². The third kappa shape index (κ3) is 4.25. The van der Waals surface area contributed by atoms with Gasteiger partial charge in [0.15, 0.2) is 0 Å². The van der Waals surface area contributed by atoms with Crippen molar-refractivity contribution in [2.75, 3.05) is 5.32 Å². The fraction of sp³-hybridized carbons (Fsp3) is 0.0476. The SMILES string of the molecule is N#Cc1ccccc1COc1cccc(C(=O)Nc2ccc(F)cc2)c1. The van der Waals surface area contributed by atoms with Gasteiger partial charge < -0.3 is 10.1 Å². The Morgan fingerprint density at radius 1 is 1.04 bits per heavy atom. The van der Waals surface area contributed by atoms with Gasteiger partial charge in [-0.1, -0.05) is 24.3 Å². The molecule has 4 nitrogen and oxygen atoms in total. The lowest BCUT2D eigenvalue weighted by Crippen LogP contribution is -2.12. The van der Waals surface area contributed by atoms with Crippen LogP contribution < -0.4 is 10.1 Å². The third-order valence-corrected chi connectivity index (χ3v) is 3.73. The first kappa shape index (κ1) is 17.2. The summed E-state index contributed by atoms with van der Waals surface area (Å²) in [7, 11) is 0. The van der Waals surface area contributed by atoms with Crippen molar-refractivity contribution in [2.45, 2.75) is 6.61 Å². The van der Waals surface area contributed by atoms with Crippen molar-refractivity contribution in [3.05, 3.63) is 95.3 Å². The van der Waals surface area contributed by atoms with E-state index in [9.17, 15) is 9.18 Å². The Bertz CT molecular complexity index is 962. The molecule has 1 amide bonds. The highest BCUT2D eigenvalue weighted by atomic mass is 19.1. The molecule has 0 aliphatic rings. The number of carbonyl (C=O) groups excluding carboxylic acids is 1. The van der Waals surface area contributed by atoms with E-state index in [-0.39, 0.29) is 18.3 Å². The largest absolute Gasteiger partial charge is 0.489 e. The van der Waals surface area contributed by atoms with E-state index in [1.165, 1.54) is 24.3 Å². The van der Waals surface area contributed by atoms with E-state index in [2.05, 4.69) is 11.4 Å². The van der Waals surface area contributed by atoms with Gasteiger partial charge in [-0.05, 0) is 48.5 Å². The molecule has 0 atom stereocenters. The van der Waals surface area contributed by atoms with Crippen molar-refractivity contribution >= 4 is 11.6 Å². The molecular formula is C21H15FN2O2. The zero-order chi connectivity index (χ0) is 18.4. The number of carbonyl (C=O) groups is 1. The Hall–Kier alpha value is -3.65. The Kier molecular flexibility index (Phi) is 5.25. The fourth-order valence-electron chi connectivity index (χ4n) is 2.38. The molecule has 3 aromatic carbocycles. The normalized spacial score (nSPS) is 10.0. The minimum absolute atomic E-state index is 0.229. The quantitative estimate of drug-likeness (QED) is 0.738. The molecule has 0 aliphatic carbocycles. The summed E-state index contributed by atoms with van der Waals surface area (Å²) in [6, 6.07) is 21.6. The standard InChI is InChI=1S/C21H15FN2O2/c22-18-8-10-19(11-9-18)24-21(25)15-6-3-7-20(12-15)26-14-17-5-2-1-4-16(17)13-23/h1-12H,14H2,(H,24,25). The first-order valence-electron chi connectivity index (χ1n) is 7.93. The van der Waals surface area contributed by atoms with Crippen molar-refractivity contribution in [2.24, 2.45) is 0 Å². The van der Waals surface area contributed by atoms with Crippen LogP contribution in [-0.4, -0.2) is 5.91 Å². The molecule has 5 heteroatoms. The van der Waals surface area contributed by atoms with Crippen LogP contribution in [0.1, 0.15) is 21.5 Å². The Morgan fingerprint density at radius 3 is 2.58 bits per heavy atom. The van der Waals surface area contributed by atoms with Gasteiger partial charge in [0, 0.05) is 16.8 Å². The van der Waals surface area contributed by atoms with Gasteiger partial charge in [-0.15, -0.1) is 0 Å².